The van der Waals surface area contributed by atoms with Crippen molar-refractivity contribution in [2.75, 3.05) is 13.1 Å². The maximum absolute atomic E-state index is 10.6. The van der Waals surface area contributed by atoms with Gasteiger partial charge in [0.05, 0.1) is 6.54 Å². The molecular weight excluding hydrogens is 439 g/mol. The molecule has 1 atom stereocenters. The Bertz CT molecular complexity index is 653. The van der Waals surface area contributed by atoms with Crippen LogP contribution >= 0.6 is 35.3 Å². The van der Waals surface area contributed by atoms with E-state index < -0.39 is 5.60 Å². The topological polar surface area (TPSA) is 87.4 Å². The molecule has 0 amide bonds. The van der Waals surface area contributed by atoms with Crippen LogP contribution in [0.15, 0.2) is 22.5 Å². The Hall–Kier alpha value is -1.20. The summed E-state index contributed by atoms with van der Waals surface area (Å²) in [5.74, 6) is 2.29. The van der Waals surface area contributed by atoms with E-state index in [1.807, 2.05) is 43.0 Å². The minimum Gasteiger partial charge on any atom is -0.383 e. The third-order valence-corrected chi connectivity index (χ3v) is 4.68. The van der Waals surface area contributed by atoms with Gasteiger partial charge in [0, 0.05) is 18.5 Å². The van der Waals surface area contributed by atoms with Gasteiger partial charge in [-0.15, -0.1) is 45.5 Å². The van der Waals surface area contributed by atoms with Gasteiger partial charge in [0.15, 0.2) is 11.8 Å². The van der Waals surface area contributed by atoms with Crippen LogP contribution in [0.4, 0.5) is 0 Å². The highest BCUT2D eigenvalue weighted by molar-refractivity contribution is 14.0. The molecule has 0 aliphatic rings. The molecule has 1 unspecified atom stereocenters. The van der Waals surface area contributed by atoms with E-state index in [-0.39, 0.29) is 24.0 Å². The fourth-order valence-electron chi connectivity index (χ4n) is 2.01. The molecule has 2 aromatic heterocycles. The van der Waals surface area contributed by atoms with Crippen molar-refractivity contribution in [2.45, 2.75) is 32.9 Å². The number of nitrogens with zero attached hydrogens (tertiary/aromatic N) is 4. The zero-order valence-electron chi connectivity index (χ0n) is 14.4. The monoisotopic (exact) mass is 464 g/mol. The van der Waals surface area contributed by atoms with Crippen molar-refractivity contribution >= 4 is 41.3 Å². The third kappa shape index (κ3) is 5.42. The van der Waals surface area contributed by atoms with Gasteiger partial charge < -0.3 is 20.3 Å². The van der Waals surface area contributed by atoms with E-state index in [1.165, 1.54) is 11.3 Å². The van der Waals surface area contributed by atoms with Gasteiger partial charge in [-0.3, -0.25) is 0 Å². The van der Waals surface area contributed by atoms with E-state index in [0.29, 0.717) is 19.0 Å². The van der Waals surface area contributed by atoms with Crippen LogP contribution in [-0.4, -0.2) is 38.9 Å². The Morgan fingerprint density at radius 1 is 1.42 bits per heavy atom. The highest BCUT2D eigenvalue weighted by Gasteiger charge is 2.24. The summed E-state index contributed by atoms with van der Waals surface area (Å²) >= 11 is 1.54. The number of rotatable bonds is 6. The van der Waals surface area contributed by atoms with Gasteiger partial charge in [-0.05, 0) is 32.2 Å². The lowest BCUT2D eigenvalue weighted by Gasteiger charge is -2.23. The molecule has 134 valence electrons. The maximum Gasteiger partial charge on any atom is 0.191 e. The number of nitrogens with one attached hydrogen (secondary N) is 2. The first-order valence-corrected chi connectivity index (χ1v) is 8.45. The number of hydrogen-bond acceptors (Lipinski definition) is 5. The van der Waals surface area contributed by atoms with E-state index in [2.05, 4.69) is 25.8 Å². The molecule has 0 fully saturated rings. The second-order valence-electron chi connectivity index (χ2n) is 5.52. The average Bonchev–Trinajstić information content (AvgIpc) is 3.15. The molecule has 0 bridgehead atoms. The van der Waals surface area contributed by atoms with Crippen LogP contribution in [0.25, 0.3) is 0 Å². The standard InChI is InChI=1S/C15H24N6OS.HI/c1-5-16-14(17-9-13-20-19-11(2)21(13)4)18-10-15(3,22)12-7-6-8-23-12;/h6-8,22H,5,9-10H2,1-4H3,(H2,16,17,18);1H. The van der Waals surface area contributed by atoms with E-state index in [9.17, 15) is 5.11 Å². The SMILES string of the molecule is CCNC(=NCc1nnc(C)n1C)NCC(C)(O)c1cccs1.I. The van der Waals surface area contributed by atoms with Crippen LogP contribution in [0, 0.1) is 6.92 Å². The highest BCUT2D eigenvalue weighted by Crippen LogP contribution is 2.24. The lowest BCUT2D eigenvalue weighted by Crippen LogP contribution is -2.44. The molecule has 7 nitrogen and oxygen atoms in total. The Balaban J connectivity index is 0.00000288. The molecule has 9 heteroatoms. The summed E-state index contributed by atoms with van der Waals surface area (Å²) in [5, 5.41) is 27.0. The molecule has 24 heavy (non-hydrogen) atoms. The molecule has 0 radical (unpaired) electrons. The molecule has 0 aromatic carbocycles. The van der Waals surface area contributed by atoms with Gasteiger partial charge in [0.1, 0.15) is 18.0 Å². The molecule has 2 rings (SSSR count). The Kier molecular flexibility index (Phi) is 8.10. The first-order chi connectivity index (χ1) is 10.9. The van der Waals surface area contributed by atoms with Crippen LogP contribution in [0.2, 0.25) is 0 Å². The molecule has 0 saturated heterocycles. The highest BCUT2D eigenvalue weighted by atomic mass is 127. The minimum atomic E-state index is -0.939. The zero-order valence-corrected chi connectivity index (χ0v) is 17.6. The average molecular weight is 464 g/mol. The van der Waals surface area contributed by atoms with Crippen molar-refractivity contribution in [3.8, 4) is 0 Å². The predicted octanol–water partition coefficient (Wildman–Crippen LogP) is 1.77. The van der Waals surface area contributed by atoms with Crippen LogP contribution in [-0.2, 0) is 19.2 Å². The Morgan fingerprint density at radius 2 is 2.17 bits per heavy atom. The van der Waals surface area contributed by atoms with E-state index >= 15 is 0 Å². The first-order valence-electron chi connectivity index (χ1n) is 7.57. The largest absolute Gasteiger partial charge is 0.383 e. The van der Waals surface area contributed by atoms with Crippen LogP contribution in [0.5, 0.6) is 0 Å². The van der Waals surface area contributed by atoms with Crippen LogP contribution in [0.3, 0.4) is 0 Å². The van der Waals surface area contributed by atoms with Gasteiger partial charge in [0.2, 0.25) is 0 Å². The molecule has 2 heterocycles. The van der Waals surface area contributed by atoms with Crippen LogP contribution < -0.4 is 10.6 Å². The lowest BCUT2D eigenvalue weighted by atomic mass is 10.1. The van der Waals surface area contributed by atoms with Gasteiger partial charge in [-0.1, -0.05) is 6.07 Å². The zero-order chi connectivity index (χ0) is 16.9. The third-order valence-electron chi connectivity index (χ3n) is 3.56. The number of halogens is 1. The molecule has 0 aliphatic heterocycles. The van der Waals surface area contributed by atoms with Crippen molar-refractivity contribution in [3.05, 3.63) is 34.0 Å². The van der Waals surface area contributed by atoms with Crippen molar-refractivity contribution in [3.63, 3.8) is 0 Å². The van der Waals surface area contributed by atoms with Gasteiger partial charge in [-0.25, -0.2) is 4.99 Å². The second kappa shape index (κ2) is 9.33. The first kappa shape index (κ1) is 20.8. The van der Waals surface area contributed by atoms with Gasteiger partial charge >= 0.3 is 0 Å². The molecule has 0 spiro atoms. The quantitative estimate of drug-likeness (QED) is 0.345. The number of aromatic nitrogens is 3. The van der Waals surface area contributed by atoms with Crippen molar-refractivity contribution < 1.29 is 5.11 Å². The van der Waals surface area contributed by atoms with E-state index in [4.69, 9.17) is 0 Å². The van der Waals surface area contributed by atoms with E-state index in [0.717, 1.165) is 23.1 Å². The van der Waals surface area contributed by atoms with Gasteiger partial charge in [-0.2, -0.15) is 0 Å². The smallest absolute Gasteiger partial charge is 0.191 e. The van der Waals surface area contributed by atoms with E-state index in [1.54, 1.807) is 6.92 Å². The number of aliphatic imine (C=N–C) groups is 1. The number of aliphatic hydroxyl groups is 1. The Labute approximate surface area is 163 Å². The summed E-state index contributed by atoms with van der Waals surface area (Å²) in [5.41, 5.74) is -0.939. The fraction of sp³-hybridized carbons (Fsp3) is 0.533. The number of aryl methyl sites for hydroxylation is 1. The van der Waals surface area contributed by atoms with Crippen molar-refractivity contribution in [2.24, 2.45) is 12.0 Å². The molecular formula is C15H25IN6OS. The summed E-state index contributed by atoms with van der Waals surface area (Å²) in [6, 6.07) is 3.86. The number of guanidine groups is 1. The minimum absolute atomic E-state index is 0. The molecule has 0 saturated carbocycles. The summed E-state index contributed by atoms with van der Waals surface area (Å²) in [6.45, 7) is 7.24. The second-order valence-corrected chi connectivity index (χ2v) is 6.47. The van der Waals surface area contributed by atoms with Crippen molar-refractivity contribution in [1.82, 2.24) is 25.4 Å². The summed E-state index contributed by atoms with van der Waals surface area (Å²) in [6.07, 6.45) is 0. The summed E-state index contributed by atoms with van der Waals surface area (Å²) in [7, 11) is 1.92. The van der Waals surface area contributed by atoms with Gasteiger partial charge in [0.25, 0.3) is 0 Å². The van der Waals surface area contributed by atoms with Crippen LogP contribution in [0.1, 0.15) is 30.4 Å². The maximum atomic E-state index is 10.6. The molecule has 3 N–H and O–H groups in total. The number of thiophene rings is 1. The van der Waals surface area contributed by atoms with Crippen molar-refractivity contribution in [1.29, 1.82) is 0 Å². The predicted molar refractivity (Wildman–Crippen MR) is 108 cm³/mol. The Morgan fingerprint density at radius 3 is 2.71 bits per heavy atom. The normalized spacial score (nSPS) is 14.0. The lowest BCUT2D eigenvalue weighted by molar-refractivity contribution is 0.0655. The molecule has 0 aliphatic carbocycles. The summed E-state index contributed by atoms with van der Waals surface area (Å²) < 4.78 is 1.91. The fourth-order valence-corrected chi connectivity index (χ4v) is 2.80. The summed E-state index contributed by atoms with van der Waals surface area (Å²) in [4.78, 5) is 5.43. The molecule has 2 aromatic rings. The number of hydrogen-bond donors (Lipinski definition) is 3.